The van der Waals surface area contributed by atoms with Crippen LogP contribution in [0.4, 0.5) is 0 Å². The normalized spacial score (nSPS) is 12.2. The van der Waals surface area contributed by atoms with Crippen LogP contribution < -0.4 is 14.8 Å². The molecular weight excluding hydrogens is 382 g/mol. The highest BCUT2D eigenvalue weighted by atomic mass is 35.5. The van der Waals surface area contributed by atoms with Gasteiger partial charge >= 0.3 is 0 Å². The number of halogens is 1. The van der Waals surface area contributed by atoms with Gasteiger partial charge in [-0.15, -0.1) is 5.10 Å². The van der Waals surface area contributed by atoms with Crippen molar-refractivity contribution in [3.05, 3.63) is 74.0 Å². The molecule has 4 aromatic rings. The summed E-state index contributed by atoms with van der Waals surface area (Å²) in [6.07, 6.45) is 1.88. The summed E-state index contributed by atoms with van der Waals surface area (Å²) in [5.41, 5.74) is 1.42. The van der Waals surface area contributed by atoms with E-state index in [2.05, 4.69) is 10.1 Å². The lowest BCUT2D eigenvalue weighted by Crippen LogP contribution is -2.23. The summed E-state index contributed by atoms with van der Waals surface area (Å²) in [5, 5.41) is 4.96. The Balaban J connectivity index is 1.71. The summed E-state index contributed by atoms with van der Waals surface area (Å²) in [4.78, 5) is 17.7. The van der Waals surface area contributed by atoms with Gasteiger partial charge in [0.05, 0.1) is 10.6 Å². The van der Waals surface area contributed by atoms with E-state index < -0.39 is 0 Å². The average Bonchev–Trinajstić information content (AvgIpc) is 3.17. The van der Waals surface area contributed by atoms with Crippen molar-refractivity contribution in [2.45, 2.75) is 20.0 Å². The minimum absolute atomic E-state index is 0.114. The van der Waals surface area contributed by atoms with Crippen LogP contribution >= 0.6 is 22.9 Å². The molecule has 0 spiro atoms. The smallest absolute Gasteiger partial charge is 0.291 e. The molecule has 0 bridgehead atoms. The van der Waals surface area contributed by atoms with Gasteiger partial charge in [0.1, 0.15) is 5.75 Å². The molecule has 0 saturated heterocycles. The molecule has 2 aromatic carbocycles. The van der Waals surface area contributed by atoms with Gasteiger partial charge in [0, 0.05) is 10.6 Å². The first kappa shape index (κ1) is 17.7. The monoisotopic (exact) mass is 397 g/mol. The molecule has 0 aliphatic heterocycles. The maximum atomic E-state index is 12.6. The first-order valence-electron chi connectivity index (χ1n) is 8.44. The van der Waals surface area contributed by atoms with Gasteiger partial charge in [0.25, 0.3) is 5.56 Å². The molecule has 0 radical (unpaired) electrons. The van der Waals surface area contributed by atoms with Crippen molar-refractivity contribution in [3.8, 4) is 17.1 Å². The zero-order valence-electron chi connectivity index (χ0n) is 14.7. The molecule has 5 nitrogen and oxygen atoms in total. The molecular formula is C20H16ClN3O2S. The van der Waals surface area contributed by atoms with Crippen LogP contribution in [-0.4, -0.2) is 20.7 Å². The summed E-state index contributed by atoms with van der Waals surface area (Å²) in [5.74, 6) is 1.30. The zero-order valence-corrected chi connectivity index (χ0v) is 16.3. The maximum absolute atomic E-state index is 12.6. The summed E-state index contributed by atoms with van der Waals surface area (Å²) in [6.45, 7) is 3.96. The number of rotatable bonds is 4. The number of benzene rings is 2. The van der Waals surface area contributed by atoms with E-state index in [0.29, 0.717) is 20.3 Å². The molecule has 136 valence electrons. The second-order valence-electron chi connectivity index (χ2n) is 6.26. The Morgan fingerprint density at radius 2 is 1.89 bits per heavy atom. The average molecular weight is 398 g/mol. The molecule has 0 atom stereocenters. The molecule has 0 amide bonds. The first-order valence-corrected chi connectivity index (χ1v) is 9.63. The largest absolute Gasteiger partial charge is 0.491 e. The van der Waals surface area contributed by atoms with Gasteiger partial charge in [-0.25, -0.2) is 0 Å². The van der Waals surface area contributed by atoms with E-state index in [-0.39, 0.29) is 11.7 Å². The van der Waals surface area contributed by atoms with Gasteiger partial charge in [0.15, 0.2) is 5.82 Å². The molecule has 27 heavy (non-hydrogen) atoms. The van der Waals surface area contributed by atoms with Crippen LogP contribution in [0.1, 0.15) is 19.4 Å². The van der Waals surface area contributed by atoms with Crippen LogP contribution in [0.5, 0.6) is 5.75 Å². The number of ether oxygens (including phenoxy) is 1. The predicted molar refractivity (Wildman–Crippen MR) is 109 cm³/mol. The predicted octanol–water partition coefficient (Wildman–Crippen LogP) is 3.81. The lowest BCUT2D eigenvalue weighted by Gasteiger charge is -2.09. The fraction of sp³-hybridized carbons (Fsp3) is 0.150. The number of hydrogen-bond donors (Lipinski definition) is 0. The number of hydrogen-bond acceptors (Lipinski definition) is 5. The Morgan fingerprint density at radius 3 is 2.56 bits per heavy atom. The van der Waals surface area contributed by atoms with E-state index in [0.717, 1.165) is 16.9 Å². The Hall–Kier alpha value is -2.70. The van der Waals surface area contributed by atoms with Crippen LogP contribution in [0.3, 0.4) is 0 Å². The number of nitrogens with zero attached hydrogens (tertiary/aromatic N) is 3. The molecule has 0 N–H and O–H groups in total. The third kappa shape index (κ3) is 3.59. The molecule has 4 rings (SSSR count). The van der Waals surface area contributed by atoms with E-state index in [9.17, 15) is 4.79 Å². The van der Waals surface area contributed by atoms with Crippen molar-refractivity contribution in [2.24, 2.45) is 0 Å². The highest BCUT2D eigenvalue weighted by Crippen LogP contribution is 2.21. The van der Waals surface area contributed by atoms with Gasteiger partial charge in [-0.3, -0.25) is 4.79 Å². The molecule has 0 unspecified atom stereocenters. The van der Waals surface area contributed by atoms with E-state index in [1.54, 1.807) is 12.1 Å². The lowest BCUT2D eigenvalue weighted by atomic mass is 10.2. The van der Waals surface area contributed by atoms with Crippen LogP contribution in [-0.2, 0) is 0 Å². The Kier molecular flexibility index (Phi) is 4.68. The van der Waals surface area contributed by atoms with Crippen LogP contribution in [0.15, 0.2) is 53.3 Å². The minimum Gasteiger partial charge on any atom is -0.491 e. The second kappa shape index (κ2) is 7.13. The molecule has 0 aliphatic rings. The van der Waals surface area contributed by atoms with Crippen molar-refractivity contribution < 1.29 is 4.74 Å². The van der Waals surface area contributed by atoms with Gasteiger partial charge in [0.2, 0.25) is 4.96 Å². The van der Waals surface area contributed by atoms with E-state index in [1.807, 2.05) is 56.3 Å². The van der Waals surface area contributed by atoms with Gasteiger partial charge in [-0.05, 0) is 55.8 Å². The second-order valence-corrected chi connectivity index (χ2v) is 7.67. The summed E-state index contributed by atoms with van der Waals surface area (Å²) >= 11 is 7.46. The van der Waals surface area contributed by atoms with E-state index in [1.165, 1.54) is 15.9 Å². The molecule has 0 fully saturated rings. The molecule has 7 heteroatoms. The number of fused-ring (bicyclic) bond motifs is 1. The number of thiazole rings is 1. The third-order valence-corrected chi connectivity index (χ3v) is 5.16. The summed E-state index contributed by atoms with van der Waals surface area (Å²) in [7, 11) is 0. The van der Waals surface area contributed by atoms with Crippen molar-refractivity contribution in [1.82, 2.24) is 14.6 Å². The Bertz CT molecular complexity index is 1210. The van der Waals surface area contributed by atoms with Gasteiger partial charge in [-0.2, -0.15) is 9.50 Å². The molecule has 0 saturated carbocycles. The van der Waals surface area contributed by atoms with Crippen LogP contribution in [0, 0.1) is 0 Å². The fourth-order valence-electron chi connectivity index (χ4n) is 2.64. The Labute approximate surface area is 164 Å². The molecule has 2 aromatic heterocycles. The highest BCUT2D eigenvalue weighted by Gasteiger charge is 2.12. The maximum Gasteiger partial charge on any atom is 0.291 e. The summed E-state index contributed by atoms with van der Waals surface area (Å²) < 4.78 is 7.52. The Morgan fingerprint density at radius 1 is 1.15 bits per heavy atom. The van der Waals surface area contributed by atoms with Crippen LogP contribution in [0.2, 0.25) is 5.02 Å². The molecule has 2 heterocycles. The molecule has 0 aliphatic carbocycles. The van der Waals surface area contributed by atoms with E-state index >= 15 is 0 Å². The van der Waals surface area contributed by atoms with E-state index in [4.69, 9.17) is 16.3 Å². The third-order valence-electron chi connectivity index (χ3n) is 3.86. The van der Waals surface area contributed by atoms with Gasteiger partial charge in [-0.1, -0.05) is 41.1 Å². The standard InChI is InChI=1S/C20H16ClN3O2S/c1-12(2)26-15-9-7-13(8-10-15)18-22-20-24(23-18)19(25)17(27-20)11-14-5-3-4-6-16(14)21/h3-12H,1-2H3/b17-11+. The zero-order chi connectivity index (χ0) is 19.0. The fourth-order valence-corrected chi connectivity index (χ4v) is 3.73. The SMILES string of the molecule is CC(C)Oc1ccc(-c2nc3s/c(=C/c4ccccc4Cl)c(=O)n3n2)cc1. The highest BCUT2D eigenvalue weighted by molar-refractivity contribution is 7.15. The first-order chi connectivity index (χ1) is 13.0. The minimum atomic E-state index is -0.201. The van der Waals surface area contributed by atoms with Gasteiger partial charge < -0.3 is 4.74 Å². The van der Waals surface area contributed by atoms with Crippen molar-refractivity contribution in [2.75, 3.05) is 0 Å². The van der Waals surface area contributed by atoms with Crippen molar-refractivity contribution >= 4 is 34.0 Å². The lowest BCUT2D eigenvalue weighted by molar-refractivity contribution is 0.242. The van der Waals surface area contributed by atoms with Crippen molar-refractivity contribution in [3.63, 3.8) is 0 Å². The van der Waals surface area contributed by atoms with Crippen LogP contribution in [0.25, 0.3) is 22.4 Å². The quantitative estimate of drug-likeness (QED) is 0.525. The summed E-state index contributed by atoms with van der Waals surface area (Å²) in [6, 6.07) is 14.9. The topological polar surface area (TPSA) is 56.5 Å². The van der Waals surface area contributed by atoms with Crippen molar-refractivity contribution in [1.29, 1.82) is 0 Å². The number of aromatic nitrogens is 3.